The number of anilines is 1. The fraction of sp³-hybridized carbons (Fsp3) is 0.500. The third kappa shape index (κ3) is 3.09. The van der Waals surface area contributed by atoms with E-state index in [9.17, 15) is 4.79 Å². The van der Waals surface area contributed by atoms with Gasteiger partial charge in [0.2, 0.25) is 5.91 Å². The minimum Gasteiger partial charge on any atom is -0.326 e. The van der Waals surface area contributed by atoms with Gasteiger partial charge in [-0.3, -0.25) is 4.79 Å². The van der Waals surface area contributed by atoms with Crippen molar-refractivity contribution in [2.75, 3.05) is 5.32 Å². The minimum absolute atomic E-state index is 0.125. The molecule has 0 fully saturated rings. The van der Waals surface area contributed by atoms with E-state index in [0.717, 1.165) is 24.1 Å². The van der Waals surface area contributed by atoms with Gasteiger partial charge in [0.1, 0.15) is 0 Å². The van der Waals surface area contributed by atoms with Gasteiger partial charge in [0.05, 0.1) is 0 Å². The summed E-state index contributed by atoms with van der Waals surface area (Å²) in [6, 6.07) is 6.12. The van der Waals surface area contributed by atoms with Crippen molar-refractivity contribution >= 4 is 11.6 Å². The Kier molecular flexibility index (Phi) is 4.53. The molecule has 2 heteroatoms. The first-order chi connectivity index (χ1) is 7.58. The molecule has 0 saturated heterocycles. The van der Waals surface area contributed by atoms with Crippen molar-refractivity contribution in [1.29, 1.82) is 0 Å². The summed E-state index contributed by atoms with van der Waals surface area (Å²) in [6.07, 6.45) is 1.79. The number of carbonyl (C=O) groups is 1. The molecule has 1 amide bonds. The average molecular weight is 219 g/mol. The first-order valence-corrected chi connectivity index (χ1v) is 5.96. The molecule has 1 rings (SSSR count). The van der Waals surface area contributed by atoms with Gasteiger partial charge in [-0.2, -0.15) is 0 Å². The van der Waals surface area contributed by atoms with Crippen LogP contribution in [0, 0.1) is 19.8 Å². The van der Waals surface area contributed by atoms with E-state index in [1.54, 1.807) is 0 Å². The van der Waals surface area contributed by atoms with Crippen LogP contribution >= 0.6 is 0 Å². The molecule has 0 aliphatic carbocycles. The number of hydrogen-bond donors (Lipinski definition) is 1. The topological polar surface area (TPSA) is 29.1 Å². The Bertz CT molecular complexity index is 367. The summed E-state index contributed by atoms with van der Waals surface area (Å²) < 4.78 is 0. The van der Waals surface area contributed by atoms with Crippen molar-refractivity contribution < 1.29 is 4.79 Å². The monoisotopic (exact) mass is 219 g/mol. The molecule has 2 nitrogen and oxygen atoms in total. The van der Waals surface area contributed by atoms with Crippen LogP contribution in [0.25, 0.3) is 0 Å². The summed E-state index contributed by atoms with van der Waals surface area (Å²) in [6.45, 7) is 8.15. The van der Waals surface area contributed by atoms with E-state index in [0.29, 0.717) is 0 Å². The lowest BCUT2D eigenvalue weighted by molar-refractivity contribution is -0.120. The van der Waals surface area contributed by atoms with Crippen molar-refractivity contribution in [2.24, 2.45) is 5.92 Å². The fourth-order valence-corrected chi connectivity index (χ4v) is 1.76. The zero-order chi connectivity index (χ0) is 12.1. The predicted octanol–water partition coefficient (Wildman–Crippen LogP) is 3.68. The first kappa shape index (κ1) is 12.8. The Balaban J connectivity index is 2.80. The zero-order valence-electron chi connectivity index (χ0n) is 10.6. The van der Waals surface area contributed by atoms with Gasteiger partial charge in [-0.25, -0.2) is 0 Å². The summed E-state index contributed by atoms with van der Waals surface area (Å²) in [5.74, 6) is 0.263. The lowest BCUT2D eigenvalue weighted by Crippen LogP contribution is -2.22. The molecular weight excluding hydrogens is 198 g/mol. The maximum absolute atomic E-state index is 11.9. The summed E-state index contributed by atoms with van der Waals surface area (Å²) in [5, 5.41) is 3.01. The van der Waals surface area contributed by atoms with E-state index >= 15 is 0 Å². The van der Waals surface area contributed by atoms with Crippen molar-refractivity contribution in [3.05, 3.63) is 29.3 Å². The first-order valence-electron chi connectivity index (χ1n) is 5.96. The molecule has 1 aromatic rings. The number of benzene rings is 1. The highest BCUT2D eigenvalue weighted by molar-refractivity contribution is 5.93. The number of nitrogens with one attached hydrogen (secondary N) is 1. The molecule has 0 atom stereocenters. The molecule has 16 heavy (non-hydrogen) atoms. The zero-order valence-corrected chi connectivity index (χ0v) is 10.6. The van der Waals surface area contributed by atoms with Crippen molar-refractivity contribution in [3.8, 4) is 0 Å². The molecule has 0 aromatic heterocycles. The summed E-state index contributed by atoms with van der Waals surface area (Å²) >= 11 is 0. The maximum atomic E-state index is 11.9. The maximum Gasteiger partial charge on any atom is 0.227 e. The van der Waals surface area contributed by atoms with E-state index in [2.05, 4.69) is 25.2 Å². The average Bonchev–Trinajstić information content (AvgIpc) is 2.25. The SMILES string of the molecule is CCC(CC)C(=O)Nc1cc(C)ccc1C. The Morgan fingerprint density at radius 3 is 2.44 bits per heavy atom. The van der Waals surface area contributed by atoms with Gasteiger partial charge in [0.25, 0.3) is 0 Å². The van der Waals surface area contributed by atoms with Gasteiger partial charge in [-0.15, -0.1) is 0 Å². The Morgan fingerprint density at radius 2 is 1.88 bits per heavy atom. The van der Waals surface area contributed by atoms with E-state index in [-0.39, 0.29) is 11.8 Å². The third-order valence-corrected chi connectivity index (χ3v) is 3.01. The molecule has 0 aliphatic heterocycles. The number of aryl methyl sites for hydroxylation is 2. The summed E-state index contributed by atoms with van der Waals surface area (Å²) in [7, 11) is 0. The van der Waals surface area contributed by atoms with Gasteiger partial charge in [0.15, 0.2) is 0 Å². The Morgan fingerprint density at radius 1 is 1.25 bits per heavy atom. The molecular formula is C14H21NO. The number of rotatable bonds is 4. The highest BCUT2D eigenvalue weighted by Gasteiger charge is 2.14. The van der Waals surface area contributed by atoms with Crippen LogP contribution in [0.4, 0.5) is 5.69 Å². The Hall–Kier alpha value is -1.31. The number of carbonyl (C=O) groups excluding carboxylic acids is 1. The second-order valence-corrected chi connectivity index (χ2v) is 4.32. The molecule has 0 spiro atoms. The second kappa shape index (κ2) is 5.69. The number of amides is 1. The molecule has 1 N–H and O–H groups in total. The second-order valence-electron chi connectivity index (χ2n) is 4.32. The lowest BCUT2D eigenvalue weighted by atomic mass is 10.0. The van der Waals surface area contributed by atoms with Crippen LogP contribution in [0.2, 0.25) is 0 Å². The van der Waals surface area contributed by atoms with Crippen molar-refractivity contribution in [1.82, 2.24) is 0 Å². The third-order valence-electron chi connectivity index (χ3n) is 3.01. The van der Waals surface area contributed by atoms with Crippen molar-refractivity contribution in [3.63, 3.8) is 0 Å². The largest absolute Gasteiger partial charge is 0.326 e. The van der Waals surface area contributed by atoms with Gasteiger partial charge in [-0.1, -0.05) is 26.0 Å². The van der Waals surface area contributed by atoms with Crippen LogP contribution in [0.1, 0.15) is 37.8 Å². The highest BCUT2D eigenvalue weighted by atomic mass is 16.1. The molecule has 0 radical (unpaired) electrons. The van der Waals surface area contributed by atoms with E-state index in [1.807, 2.05) is 26.0 Å². The van der Waals surface area contributed by atoms with Crippen LogP contribution in [-0.2, 0) is 4.79 Å². The quantitative estimate of drug-likeness (QED) is 0.822. The van der Waals surface area contributed by atoms with E-state index in [1.165, 1.54) is 5.56 Å². The molecule has 0 bridgehead atoms. The standard InChI is InChI=1S/C14H21NO/c1-5-12(6-2)14(16)15-13-9-10(3)7-8-11(13)4/h7-9,12H,5-6H2,1-4H3,(H,15,16). The molecule has 88 valence electrons. The smallest absolute Gasteiger partial charge is 0.227 e. The van der Waals surface area contributed by atoms with Gasteiger partial charge < -0.3 is 5.32 Å². The highest BCUT2D eigenvalue weighted by Crippen LogP contribution is 2.18. The van der Waals surface area contributed by atoms with Crippen LogP contribution < -0.4 is 5.32 Å². The van der Waals surface area contributed by atoms with Crippen molar-refractivity contribution in [2.45, 2.75) is 40.5 Å². The van der Waals surface area contributed by atoms with Crippen LogP contribution in [-0.4, -0.2) is 5.91 Å². The molecule has 0 unspecified atom stereocenters. The fourth-order valence-electron chi connectivity index (χ4n) is 1.76. The predicted molar refractivity (Wildman–Crippen MR) is 68.6 cm³/mol. The van der Waals surface area contributed by atoms with Gasteiger partial charge in [0, 0.05) is 11.6 Å². The molecule has 1 aromatic carbocycles. The molecule has 0 heterocycles. The van der Waals surface area contributed by atoms with E-state index in [4.69, 9.17) is 0 Å². The number of hydrogen-bond acceptors (Lipinski definition) is 1. The minimum atomic E-state index is 0.125. The summed E-state index contributed by atoms with van der Waals surface area (Å²) in [4.78, 5) is 11.9. The molecule has 0 aliphatic rings. The van der Waals surface area contributed by atoms with Crippen LogP contribution in [0.3, 0.4) is 0 Å². The lowest BCUT2D eigenvalue weighted by Gasteiger charge is -2.14. The van der Waals surface area contributed by atoms with Crippen LogP contribution in [0.5, 0.6) is 0 Å². The summed E-state index contributed by atoms with van der Waals surface area (Å²) in [5.41, 5.74) is 3.23. The van der Waals surface area contributed by atoms with Crippen LogP contribution in [0.15, 0.2) is 18.2 Å². The van der Waals surface area contributed by atoms with Gasteiger partial charge >= 0.3 is 0 Å². The van der Waals surface area contributed by atoms with Gasteiger partial charge in [-0.05, 0) is 43.9 Å². The van der Waals surface area contributed by atoms with E-state index < -0.39 is 0 Å². The Labute approximate surface area is 98.1 Å². The molecule has 0 saturated carbocycles. The normalized spacial score (nSPS) is 10.6.